The van der Waals surface area contributed by atoms with Gasteiger partial charge in [-0.05, 0) is 36.8 Å². The number of nitrogens with one attached hydrogen (secondary N) is 1. The quantitative estimate of drug-likeness (QED) is 0.536. The first-order valence-corrected chi connectivity index (χ1v) is 10.4. The molecule has 0 bridgehead atoms. The van der Waals surface area contributed by atoms with Crippen LogP contribution in [0.25, 0.3) is 10.9 Å². The Labute approximate surface area is 190 Å². The molecule has 1 saturated heterocycles. The second kappa shape index (κ2) is 8.88. The van der Waals surface area contributed by atoms with E-state index in [0.29, 0.717) is 0 Å². The molecule has 178 valence electrons. The lowest BCUT2D eigenvalue weighted by atomic mass is 10.1. The number of carbonyl (C=O) groups is 2. The zero-order valence-corrected chi connectivity index (χ0v) is 17.7. The Hall–Kier alpha value is -3.76. The van der Waals surface area contributed by atoms with Crippen LogP contribution in [0.5, 0.6) is 0 Å². The van der Waals surface area contributed by atoms with Crippen LogP contribution in [0.1, 0.15) is 40.0 Å². The number of amides is 2. The van der Waals surface area contributed by atoms with Crippen LogP contribution in [-0.2, 0) is 0 Å². The molecule has 11 heteroatoms. The van der Waals surface area contributed by atoms with Crippen molar-refractivity contribution in [1.29, 1.82) is 0 Å². The standard InChI is InChI=1S/C23H19F5N4O2/c24-16-3-2-13(10-14(16)20(29)33)30-22(34)15-8-12-9-17(25)18(26)11-19(12)31-21(15)32-6-1-4-23(27,28)5-7-32/h2-3,8-11H,1,4-7H2,(H2,29,33)(H,30,34). The highest BCUT2D eigenvalue weighted by atomic mass is 19.3. The molecule has 4 rings (SSSR count). The van der Waals surface area contributed by atoms with Crippen molar-refractivity contribution in [3.05, 3.63) is 65.0 Å². The monoisotopic (exact) mass is 478 g/mol. The number of benzene rings is 2. The third-order valence-electron chi connectivity index (χ3n) is 5.59. The Morgan fingerprint density at radius 3 is 2.41 bits per heavy atom. The van der Waals surface area contributed by atoms with Crippen LogP contribution in [0.4, 0.5) is 33.5 Å². The third-order valence-corrected chi connectivity index (χ3v) is 5.59. The van der Waals surface area contributed by atoms with Crippen LogP contribution in [0.15, 0.2) is 36.4 Å². The first-order valence-electron chi connectivity index (χ1n) is 10.4. The van der Waals surface area contributed by atoms with Crippen molar-refractivity contribution in [2.75, 3.05) is 23.3 Å². The summed E-state index contributed by atoms with van der Waals surface area (Å²) in [5, 5.41) is 2.60. The van der Waals surface area contributed by atoms with E-state index >= 15 is 0 Å². The molecular formula is C23H19F5N4O2. The van der Waals surface area contributed by atoms with Gasteiger partial charge >= 0.3 is 0 Å². The van der Waals surface area contributed by atoms with Gasteiger partial charge in [0.05, 0.1) is 16.6 Å². The molecule has 1 aliphatic heterocycles. The van der Waals surface area contributed by atoms with Gasteiger partial charge < -0.3 is 16.0 Å². The maximum absolute atomic E-state index is 13.9. The lowest BCUT2D eigenvalue weighted by Gasteiger charge is -2.24. The molecule has 3 aromatic rings. The van der Waals surface area contributed by atoms with E-state index in [2.05, 4.69) is 10.3 Å². The van der Waals surface area contributed by atoms with Crippen molar-refractivity contribution in [2.24, 2.45) is 5.73 Å². The number of hydrogen-bond donors (Lipinski definition) is 2. The van der Waals surface area contributed by atoms with Gasteiger partial charge in [0.15, 0.2) is 11.6 Å². The van der Waals surface area contributed by atoms with Crippen LogP contribution < -0.4 is 16.0 Å². The topological polar surface area (TPSA) is 88.3 Å². The minimum absolute atomic E-state index is 0.0194. The number of halogens is 5. The second-order valence-corrected chi connectivity index (χ2v) is 8.03. The van der Waals surface area contributed by atoms with Crippen LogP contribution in [0.3, 0.4) is 0 Å². The minimum Gasteiger partial charge on any atom is -0.366 e. The lowest BCUT2D eigenvalue weighted by molar-refractivity contribution is -0.0102. The number of hydrogen-bond acceptors (Lipinski definition) is 4. The lowest BCUT2D eigenvalue weighted by Crippen LogP contribution is -2.29. The first kappa shape index (κ1) is 23.4. The van der Waals surface area contributed by atoms with Crippen molar-refractivity contribution in [3.63, 3.8) is 0 Å². The van der Waals surface area contributed by atoms with Crippen LogP contribution >= 0.6 is 0 Å². The summed E-state index contributed by atoms with van der Waals surface area (Å²) in [6, 6.07) is 6.21. The fourth-order valence-corrected chi connectivity index (χ4v) is 3.83. The van der Waals surface area contributed by atoms with E-state index in [1.807, 2.05) is 0 Å². The van der Waals surface area contributed by atoms with Gasteiger partial charge in [0.1, 0.15) is 11.6 Å². The molecule has 0 unspecified atom stereocenters. The summed E-state index contributed by atoms with van der Waals surface area (Å²) in [5.41, 5.74) is 4.69. The second-order valence-electron chi connectivity index (χ2n) is 8.03. The third kappa shape index (κ3) is 4.78. The Balaban J connectivity index is 1.77. The number of primary amides is 1. The Kier molecular flexibility index (Phi) is 6.11. The molecule has 1 aromatic heterocycles. The summed E-state index contributed by atoms with van der Waals surface area (Å²) in [4.78, 5) is 30.3. The molecule has 34 heavy (non-hydrogen) atoms. The number of carbonyl (C=O) groups excluding carboxylic acids is 2. The number of aromatic nitrogens is 1. The molecule has 3 N–H and O–H groups in total. The largest absolute Gasteiger partial charge is 0.366 e. The molecule has 2 aromatic carbocycles. The Morgan fingerprint density at radius 2 is 1.68 bits per heavy atom. The molecule has 1 aliphatic rings. The SMILES string of the molecule is NC(=O)c1cc(NC(=O)c2cc3cc(F)c(F)cc3nc2N2CCCC(F)(F)CC2)ccc1F. The van der Waals surface area contributed by atoms with Crippen LogP contribution in [0.2, 0.25) is 0 Å². The summed E-state index contributed by atoms with van der Waals surface area (Å²) in [5.74, 6) is -7.82. The van der Waals surface area contributed by atoms with Gasteiger partial charge in [0.25, 0.3) is 11.8 Å². The number of rotatable bonds is 4. The summed E-state index contributed by atoms with van der Waals surface area (Å²) >= 11 is 0. The molecule has 1 fully saturated rings. The summed E-state index contributed by atoms with van der Waals surface area (Å²) < 4.78 is 69.2. The van der Waals surface area contributed by atoms with Gasteiger partial charge in [-0.15, -0.1) is 0 Å². The van der Waals surface area contributed by atoms with Crippen molar-refractivity contribution in [1.82, 2.24) is 4.98 Å². The van der Waals surface area contributed by atoms with Gasteiger partial charge in [-0.3, -0.25) is 9.59 Å². The molecule has 0 spiro atoms. The molecule has 2 amide bonds. The molecule has 2 heterocycles. The Morgan fingerprint density at radius 1 is 0.941 bits per heavy atom. The average Bonchev–Trinajstić information content (AvgIpc) is 2.95. The molecule has 0 aliphatic carbocycles. The number of alkyl halides is 2. The number of nitrogens with two attached hydrogens (primary N) is 1. The van der Waals surface area contributed by atoms with E-state index in [1.54, 1.807) is 0 Å². The summed E-state index contributed by atoms with van der Waals surface area (Å²) in [6.07, 6.45) is -0.666. The average molecular weight is 478 g/mol. The fourth-order valence-electron chi connectivity index (χ4n) is 3.83. The molecule has 0 saturated carbocycles. The van der Waals surface area contributed by atoms with Gasteiger partial charge in [0.2, 0.25) is 5.92 Å². The summed E-state index contributed by atoms with van der Waals surface area (Å²) in [7, 11) is 0. The van der Waals surface area contributed by atoms with Crippen molar-refractivity contribution in [2.45, 2.75) is 25.2 Å². The predicted molar refractivity (Wildman–Crippen MR) is 116 cm³/mol. The van der Waals surface area contributed by atoms with E-state index < -0.39 is 47.2 Å². The molecule has 0 atom stereocenters. The number of nitrogens with zero attached hydrogens (tertiary/aromatic N) is 2. The van der Waals surface area contributed by atoms with Crippen molar-refractivity contribution in [3.8, 4) is 0 Å². The number of anilines is 2. The maximum atomic E-state index is 13.9. The van der Waals surface area contributed by atoms with E-state index in [9.17, 15) is 31.5 Å². The van der Waals surface area contributed by atoms with Gasteiger partial charge in [-0.25, -0.2) is 26.9 Å². The number of pyridine rings is 1. The highest BCUT2D eigenvalue weighted by molar-refractivity contribution is 6.10. The van der Waals surface area contributed by atoms with Gasteiger partial charge in [-0.2, -0.15) is 0 Å². The van der Waals surface area contributed by atoms with E-state index in [-0.39, 0.29) is 53.9 Å². The number of fused-ring (bicyclic) bond motifs is 1. The van der Waals surface area contributed by atoms with E-state index in [1.165, 1.54) is 17.0 Å². The highest BCUT2D eigenvalue weighted by Crippen LogP contribution is 2.32. The smallest absolute Gasteiger partial charge is 0.259 e. The highest BCUT2D eigenvalue weighted by Gasteiger charge is 2.33. The summed E-state index contributed by atoms with van der Waals surface area (Å²) in [6.45, 7) is 0.0538. The normalized spacial score (nSPS) is 15.7. The maximum Gasteiger partial charge on any atom is 0.259 e. The van der Waals surface area contributed by atoms with E-state index in [4.69, 9.17) is 5.73 Å². The van der Waals surface area contributed by atoms with Gasteiger partial charge in [-0.1, -0.05) is 0 Å². The molecular weight excluding hydrogens is 459 g/mol. The Bertz CT molecular complexity index is 1300. The molecule has 6 nitrogen and oxygen atoms in total. The van der Waals surface area contributed by atoms with E-state index in [0.717, 1.165) is 24.3 Å². The van der Waals surface area contributed by atoms with Crippen molar-refractivity contribution < 1.29 is 31.5 Å². The zero-order chi connectivity index (χ0) is 24.6. The zero-order valence-electron chi connectivity index (χ0n) is 17.7. The minimum atomic E-state index is -2.87. The fraction of sp³-hybridized carbons (Fsp3) is 0.261. The van der Waals surface area contributed by atoms with Crippen LogP contribution in [-0.4, -0.2) is 35.8 Å². The first-order chi connectivity index (χ1) is 16.0. The van der Waals surface area contributed by atoms with Gasteiger partial charge in [0, 0.05) is 43.1 Å². The molecule has 0 radical (unpaired) electrons. The van der Waals surface area contributed by atoms with Crippen LogP contribution in [0, 0.1) is 17.5 Å². The predicted octanol–water partition coefficient (Wildman–Crippen LogP) is 4.63. The van der Waals surface area contributed by atoms with Crippen molar-refractivity contribution >= 4 is 34.2 Å².